The molecule has 1 N–H and O–H groups in total. The standard InChI is InChI=1S/C31H32FN3O5S.2H2/c1-18(2)17-39-26-13-23(12-25(32)15-26)24-14-27(40-30-20(4)10-19(3)11-21(30)5)29(33-16-24)31(36)35-41(37,38)28-9-7-8-22(6)34-28;;/h7-16,18H,17H2,1-6H3,(H,35,36);2*1H. The summed E-state index contributed by atoms with van der Waals surface area (Å²) in [6, 6.07) is 14.1. The number of aromatic nitrogens is 2. The molecule has 0 aliphatic heterocycles. The molecular weight excluding hydrogens is 545 g/mol. The molecule has 0 saturated heterocycles. The molecule has 0 bridgehead atoms. The summed E-state index contributed by atoms with van der Waals surface area (Å²) in [7, 11) is -4.30. The van der Waals surface area contributed by atoms with Crippen LogP contribution in [0.1, 0.15) is 49.6 Å². The fourth-order valence-corrected chi connectivity index (χ4v) is 5.22. The highest BCUT2D eigenvalue weighted by molar-refractivity contribution is 7.90. The highest BCUT2D eigenvalue weighted by Gasteiger charge is 2.25. The number of sulfonamides is 1. The molecule has 0 aliphatic rings. The summed E-state index contributed by atoms with van der Waals surface area (Å²) in [6.07, 6.45) is 1.36. The average Bonchev–Trinajstić information content (AvgIpc) is 2.89. The van der Waals surface area contributed by atoms with Gasteiger partial charge in [0.05, 0.1) is 6.61 Å². The lowest BCUT2D eigenvalue weighted by atomic mass is 10.1. The molecule has 0 radical (unpaired) electrons. The Balaban J connectivity index is 0.00000323. The smallest absolute Gasteiger partial charge is 0.287 e. The maximum atomic E-state index is 14.5. The minimum atomic E-state index is -4.30. The molecule has 8 nitrogen and oxygen atoms in total. The van der Waals surface area contributed by atoms with Crippen molar-refractivity contribution in [2.45, 2.75) is 46.6 Å². The number of amides is 1. The van der Waals surface area contributed by atoms with E-state index in [9.17, 15) is 17.6 Å². The van der Waals surface area contributed by atoms with E-state index in [1.54, 1.807) is 19.1 Å². The van der Waals surface area contributed by atoms with Gasteiger partial charge in [-0.2, -0.15) is 8.42 Å². The number of ether oxygens (including phenoxy) is 2. The van der Waals surface area contributed by atoms with Crippen molar-refractivity contribution in [3.8, 4) is 28.4 Å². The Morgan fingerprint density at radius 2 is 1.71 bits per heavy atom. The third-order valence-corrected chi connectivity index (χ3v) is 7.27. The quantitative estimate of drug-likeness (QED) is 0.228. The molecule has 218 valence electrons. The number of benzene rings is 2. The highest BCUT2D eigenvalue weighted by atomic mass is 32.2. The predicted molar refractivity (Wildman–Crippen MR) is 159 cm³/mol. The van der Waals surface area contributed by atoms with E-state index in [0.29, 0.717) is 34.9 Å². The van der Waals surface area contributed by atoms with Crippen molar-refractivity contribution in [1.82, 2.24) is 14.7 Å². The van der Waals surface area contributed by atoms with Crippen molar-refractivity contribution in [2.75, 3.05) is 6.61 Å². The molecule has 0 aliphatic carbocycles. The Labute approximate surface area is 242 Å². The summed E-state index contributed by atoms with van der Waals surface area (Å²) in [5.41, 5.74) is 3.75. The molecule has 2 aromatic carbocycles. The summed E-state index contributed by atoms with van der Waals surface area (Å²) >= 11 is 0. The lowest BCUT2D eigenvalue weighted by Gasteiger charge is -2.17. The number of carbonyl (C=O) groups excluding carboxylic acids is 1. The van der Waals surface area contributed by atoms with Crippen LogP contribution >= 0.6 is 0 Å². The van der Waals surface area contributed by atoms with Crippen LogP contribution in [0.5, 0.6) is 17.2 Å². The first-order valence-electron chi connectivity index (χ1n) is 13.0. The van der Waals surface area contributed by atoms with Crippen LogP contribution in [-0.4, -0.2) is 30.9 Å². The van der Waals surface area contributed by atoms with Gasteiger partial charge in [-0.25, -0.2) is 19.1 Å². The molecule has 4 rings (SSSR count). The summed E-state index contributed by atoms with van der Waals surface area (Å²) < 4.78 is 54.4. The normalized spacial score (nSPS) is 11.4. The van der Waals surface area contributed by atoms with Crippen molar-refractivity contribution in [2.24, 2.45) is 5.92 Å². The molecule has 4 aromatic rings. The fraction of sp³-hybridized carbons (Fsp3) is 0.258. The van der Waals surface area contributed by atoms with Gasteiger partial charge in [-0.3, -0.25) is 4.79 Å². The number of pyridine rings is 2. The van der Waals surface area contributed by atoms with Gasteiger partial charge in [0.1, 0.15) is 17.3 Å². The molecule has 41 heavy (non-hydrogen) atoms. The number of hydrogen-bond donors (Lipinski definition) is 1. The van der Waals surface area contributed by atoms with Crippen molar-refractivity contribution in [3.05, 3.63) is 94.7 Å². The molecule has 0 unspecified atom stereocenters. The van der Waals surface area contributed by atoms with E-state index in [1.807, 2.05) is 51.5 Å². The minimum absolute atomic E-state index is 0. The van der Waals surface area contributed by atoms with Gasteiger partial charge >= 0.3 is 0 Å². The fourth-order valence-electron chi connectivity index (χ4n) is 4.25. The van der Waals surface area contributed by atoms with Gasteiger partial charge in [0, 0.05) is 26.4 Å². The molecule has 0 spiro atoms. The van der Waals surface area contributed by atoms with Gasteiger partial charge in [0.15, 0.2) is 16.5 Å². The minimum Gasteiger partial charge on any atom is -0.493 e. The van der Waals surface area contributed by atoms with Crippen LogP contribution in [0.15, 0.2) is 65.8 Å². The summed E-state index contributed by atoms with van der Waals surface area (Å²) in [4.78, 5) is 21.6. The second-order valence-corrected chi connectivity index (χ2v) is 12.0. The Hall–Kier alpha value is -4.31. The van der Waals surface area contributed by atoms with E-state index in [4.69, 9.17) is 9.47 Å². The molecule has 2 aromatic heterocycles. The van der Waals surface area contributed by atoms with E-state index in [-0.39, 0.29) is 25.2 Å². The first kappa shape index (κ1) is 29.7. The monoisotopic (exact) mass is 581 g/mol. The van der Waals surface area contributed by atoms with E-state index >= 15 is 0 Å². The summed E-state index contributed by atoms with van der Waals surface area (Å²) in [6.45, 7) is 11.7. The Kier molecular flexibility index (Phi) is 8.72. The zero-order valence-electron chi connectivity index (χ0n) is 23.8. The van der Waals surface area contributed by atoms with Gasteiger partial charge in [0.25, 0.3) is 15.9 Å². The van der Waals surface area contributed by atoms with Gasteiger partial charge in [-0.05, 0) is 80.6 Å². The van der Waals surface area contributed by atoms with Gasteiger partial charge in [0.2, 0.25) is 0 Å². The van der Waals surface area contributed by atoms with Crippen molar-refractivity contribution in [3.63, 3.8) is 0 Å². The van der Waals surface area contributed by atoms with Crippen LogP contribution in [0.25, 0.3) is 11.1 Å². The van der Waals surface area contributed by atoms with Gasteiger partial charge in [-0.1, -0.05) is 37.6 Å². The SMILES string of the molecule is Cc1cc(C)c(Oc2cc(-c3cc(F)cc(OCC(C)C)c3)cnc2C(=O)NS(=O)(=O)c2cccc(C)n2)c(C)c1.[HH].[HH]. The number of rotatable bonds is 9. The second-order valence-electron chi connectivity index (χ2n) is 10.3. The first-order valence-corrected chi connectivity index (χ1v) is 14.5. The van der Waals surface area contributed by atoms with Crippen molar-refractivity contribution >= 4 is 15.9 Å². The molecular formula is C31H36FN3O5S. The Bertz CT molecular complexity index is 1710. The highest BCUT2D eigenvalue weighted by Crippen LogP contribution is 2.35. The van der Waals surface area contributed by atoms with Gasteiger partial charge < -0.3 is 9.47 Å². The third-order valence-electron chi connectivity index (χ3n) is 6.04. The lowest BCUT2D eigenvalue weighted by molar-refractivity contribution is 0.0974. The molecule has 10 heteroatoms. The van der Waals surface area contributed by atoms with E-state index < -0.39 is 21.7 Å². The zero-order chi connectivity index (χ0) is 29.9. The number of nitrogens with zero attached hydrogens (tertiary/aromatic N) is 2. The molecule has 0 saturated carbocycles. The second kappa shape index (κ2) is 12.1. The van der Waals surface area contributed by atoms with Crippen molar-refractivity contribution < 1.29 is 29.9 Å². The van der Waals surface area contributed by atoms with Crippen LogP contribution in [0.3, 0.4) is 0 Å². The lowest BCUT2D eigenvalue weighted by Crippen LogP contribution is -2.32. The van der Waals surface area contributed by atoms with Crippen LogP contribution in [0.4, 0.5) is 4.39 Å². The topological polar surface area (TPSA) is 107 Å². The zero-order valence-corrected chi connectivity index (χ0v) is 24.6. The number of hydrogen-bond acceptors (Lipinski definition) is 7. The maximum absolute atomic E-state index is 14.5. The molecule has 1 amide bonds. The van der Waals surface area contributed by atoms with Crippen LogP contribution in [0, 0.1) is 39.4 Å². The van der Waals surface area contributed by atoms with Crippen molar-refractivity contribution in [1.29, 1.82) is 0 Å². The maximum Gasteiger partial charge on any atom is 0.287 e. The van der Waals surface area contributed by atoms with Gasteiger partial charge in [-0.15, -0.1) is 0 Å². The Morgan fingerprint density at radius 1 is 1.00 bits per heavy atom. The van der Waals surface area contributed by atoms with E-state index in [0.717, 1.165) is 16.7 Å². The number of nitrogens with one attached hydrogen (secondary N) is 1. The number of aryl methyl sites for hydroxylation is 4. The summed E-state index contributed by atoms with van der Waals surface area (Å²) in [5, 5.41) is -0.302. The largest absolute Gasteiger partial charge is 0.493 e. The summed E-state index contributed by atoms with van der Waals surface area (Å²) in [5.74, 6) is -0.429. The van der Waals surface area contributed by atoms with Crippen LogP contribution < -0.4 is 14.2 Å². The average molecular weight is 582 g/mol. The van der Waals surface area contributed by atoms with Crippen LogP contribution in [0.2, 0.25) is 0 Å². The Morgan fingerprint density at radius 3 is 2.37 bits per heavy atom. The third kappa shape index (κ3) is 7.26. The van der Waals surface area contributed by atoms with Crippen LogP contribution in [-0.2, 0) is 10.0 Å². The number of halogens is 1. The predicted octanol–water partition coefficient (Wildman–Crippen LogP) is 6.95. The first-order chi connectivity index (χ1) is 19.3. The molecule has 0 atom stereocenters. The van der Waals surface area contributed by atoms with E-state index in [1.165, 1.54) is 36.5 Å². The molecule has 0 fully saturated rings. The molecule has 2 heterocycles. The number of carbonyl (C=O) groups is 1. The van der Waals surface area contributed by atoms with E-state index in [2.05, 4.69) is 9.97 Å².